The predicted molar refractivity (Wildman–Crippen MR) is 223 cm³/mol. The maximum Gasteiger partial charge on any atom is 0.0547 e. The lowest BCUT2D eigenvalue weighted by atomic mass is 9.90. The van der Waals surface area contributed by atoms with Crippen LogP contribution in [0, 0.1) is 6.92 Å². The Hall–Kier alpha value is -6.16. The fourth-order valence-electron chi connectivity index (χ4n) is 8.91. The Morgan fingerprint density at radius 2 is 1.27 bits per heavy atom. The van der Waals surface area contributed by atoms with Crippen molar-refractivity contribution in [3.05, 3.63) is 175 Å². The number of allylic oxidation sites excluding steroid dienone is 1. The fraction of sp³-hybridized carbons (Fsp3) is 0.0612. The van der Waals surface area contributed by atoms with Crippen molar-refractivity contribution in [2.45, 2.75) is 19.8 Å². The van der Waals surface area contributed by atoms with E-state index in [1.807, 2.05) is 11.3 Å². The van der Waals surface area contributed by atoms with Gasteiger partial charge in [0.05, 0.1) is 16.6 Å². The van der Waals surface area contributed by atoms with Gasteiger partial charge in [-0.05, 0) is 90.6 Å². The molecule has 0 unspecified atom stereocenters. The molecular formula is C49H34N2S. The topological polar surface area (TPSA) is 9.86 Å². The van der Waals surface area contributed by atoms with Crippen molar-refractivity contribution < 1.29 is 0 Å². The van der Waals surface area contributed by atoms with E-state index in [1.54, 1.807) is 0 Å². The standard InChI is InChI=1S/C49H34N2S/c1-31-27-28-44-48(46(31)38-22-14-25-43-47(38)36-20-8-11-23-41(36)50(43)33-17-6-3-7-18-33)37-21-9-12-24-42(37)51(44)34-29-39(32-15-4-2-5-16-32)49-40(30-34)35-19-10-13-26-45(35)52-49/h2-10,12-22,24-30H,11,23H2,1H3. The highest BCUT2D eigenvalue weighted by molar-refractivity contribution is 7.26. The van der Waals surface area contributed by atoms with E-state index in [-0.39, 0.29) is 0 Å². The number of fused-ring (bicyclic) bond motifs is 9. The van der Waals surface area contributed by atoms with E-state index in [9.17, 15) is 0 Å². The fourth-order valence-corrected chi connectivity index (χ4v) is 10.1. The molecule has 52 heavy (non-hydrogen) atoms. The summed E-state index contributed by atoms with van der Waals surface area (Å²) in [4.78, 5) is 0. The zero-order valence-electron chi connectivity index (χ0n) is 28.8. The summed E-state index contributed by atoms with van der Waals surface area (Å²) in [5.74, 6) is 0. The van der Waals surface area contributed by atoms with Crippen LogP contribution in [-0.4, -0.2) is 9.13 Å². The highest BCUT2D eigenvalue weighted by atomic mass is 32.1. The third-order valence-electron chi connectivity index (χ3n) is 11.1. The van der Waals surface area contributed by atoms with Gasteiger partial charge >= 0.3 is 0 Å². The lowest BCUT2D eigenvalue weighted by Crippen LogP contribution is -2.02. The van der Waals surface area contributed by atoms with Crippen molar-refractivity contribution >= 4 is 70.3 Å². The van der Waals surface area contributed by atoms with Crippen LogP contribution in [0.25, 0.3) is 92.6 Å². The van der Waals surface area contributed by atoms with Crippen LogP contribution in [0.4, 0.5) is 0 Å². The Morgan fingerprint density at radius 3 is 2.13 bits per heavy atom. The summed E-state index contributed by atoms with van der Waals surface area (Å²) in [6.07, 6.45) is 6.80. The molecule has 11 rings (SSSR count). The molecule has 0 atom stereocenters. The maximum atomic E-state index is 2.51. The average molecular weight is 683 g/mol. The molecule has 3 heterocycles. The summed E-state index contributed by atoms with van der Waals surface area (Å²) in [6, 6.07) is 56.0. The number of thiophene rings is 1. The lowest BCUT2D eigenvalue weighted by Gasteiger charge is -2.14. The molecular weight excluding hydrogens is 649 g/mol. The van der Waals surface area contributed by atoms with Crippen LogP contribution in [0.2, 0.25) is 0 Å². The Morgan fingerprint density at radius 1 is 0.538 bits per heavy atom. The third kappa shape index (κ3) is 4.23. The molecule has 0 saturated carbocycles. The second-order valence-electron chi connectivity index (χ2n) is 14.0. The van der Waals surface area contributed by atoms with Gasteiger partial charge in [-0.15, -0.1) is 11.3 Å². The van der Waals surface area contributed by atoms with Crippen LogP contribution in [0.1, 0.15) is 23.2 Å². The summed E-state index contributed by atoms with van der Waals surface area (Å²) in [7, 11) is 0. The van der Waals surface area contributed by atoms with Gasteiger partial charge in [0, 0.05) is 64.5 Å². The first-order chi connectivity index (χ1) is 25.7. The van der Waals surface area contributed by atoms with Crippen LogP contribution in [0.3, 0.4) is 0 Å². The van der Waals surface area contributed by atoms with Crippen molar-refractivity contribution in [2.75, 3.05) is 0 Å². The molecule has 0 aliphatic heterocycles. The first-order valence-corrected chi connectivity index (χ1v) is 19.0. The highest BCUT2D eigenvalue weighted by Crippen LogP contribution is 2.47. The summed E-state index contributed by atoms with van der Waals surface area (Å²) >= 11 is 1.89. The molecule has 0 bridgehead atoms. The zero-order chi connectivity index (χ0) is 34.3. The minimum absolute atomic E-state index is 1.03. The van der Waals surface area contributed by atoms with Crippen molar-refractivity contribution in [3.8, 4) is 33.6 Å². The van der Waals surface area contributed by atoms with Gasteiger partial charge in [0.1, 0.15) is 0 Å². The lowest BCUT2D eigenvalue weighted by molar-refractivity contribution is 0.888. The molecule has 7 aromatic carbocycles. The normalized spacial score (nSPS) is 12.9. The van der Waals surface area contributed by atoms with Crippen molar-refractivity contribution in [1.82, 2.24) is 9.13 Å². The van der Waals surface area contributed by atoms with E-state index in [2.05, 4.69) is 180 Å². The van der Waals surface area contributed by atoms with E-state index in [1.165, 1.54) is 103 Å². The SMILES string of the molecule is Cc1ccc2c(c1-c1cccc3c1c1c(n3-c3ccccc3)CCC=C1)c1ccccc1n2-c1cc(-c2ccccc2)c2sc3ccccc3c2c1. The maximum absolute atomic E-state index is 2.51. The number of hydrogen-bond donors (Lipinski definition) is 0. The van der Waals surface area contributed by atoms with E-state index in [0.29, 0.717) is 0 Å². The molecule has 246 valence electrons. The second kappa shape index (κ2) is 11.4. The predicted octanol–water partition coefficient (Wildman–Crippen LogP) is 13.7. The first-order valence-electron chi connectivity index (χ1n) is 18.2. The summed E-state index contributed by atoms with van der Waals surface area (Å²) in [6.45, 7) is 2.28. The number of rotatable bonds is 4. The van der Waals surface area contributed by atoms with Crippen LogP contribution in [-0.2, 0) is 6.42 Å². The van der Waals surface area contributed by atoms with Gasteiger partial charge in [0.15, 0.2) is 0 Å². The molecule has 0 amide bonds. The quantitative estimate of drug-likeness (QED) is 0.175. The van der Waals surface area contributed by atoms with E-state index in [0.717, 1.165) is 12.8 Å². The monoisotopic (exact) mass is 682 g/mol. The first kappa shape index (κ1) is 29.6. The molecule has 10 aromatic rings. The summed E-state index contributed by atoms with van der Waals surface area (Å²) in [5, 5.41) is 6.53. The van der Waals surface area contributed by atoms with Crippen molar-refractivity contribution in [2.24, 2.45) is 0 Å². The largest absolute Gasteiger partial charge is 0.313 e. The molecule has 1 aliphatic carbocycles. The minimum atomic E-state index is 1.03. The molecule has 3 aromatic heterocycles. The van der Waals surface area contributed by atoms with Gasteiger partial charge < -0.3 is 9.13 Å². The number of para-hydroxylation sites is 2. The smallest absolute Gasteiger partial charge is 0.0547 e. The van der Waals surface area contributed by atoms with Crippen LogP contribution >= 0.6 is 11.3 Å². The Labute approximate surface area is 306 Å². The number of benzene rings is 7. The van der Waals surface area contributed by atoms with Crippen LogP contribution < -0.4 is 0 Å². The molecule has 0 spiro atoms. The molecule has 1 aliphatic rings. The Balaban J connectivity index is 1.25. The summed E-state index contributed by atoms with van der Waals surface area (Å²) < 4.78 is 7.67. The van der Waals surface area contributed by atoms with Crippen LogP contribution in [0.5, 0.6) is 0 Å². The second-order valence-corrected chi connectivity index (χ2v) is 15.1. The van der Waals surface area contributed by atoms with Gasteiger partial charge in [-0.3, -0.25) is 0 Å². The van der Waals surface area contributed by atoms with E-state index >= 15 is 0 Å². The van der Waals surface area contributed by atoms with Gasteiger partial charge in [-0.1, -0.05) is 115 Å². The highest BCUT2D eigenvalue weighted by Gasteiger charge is 2.25. The number of aryl methyl sites for hydroxylation is 1. The average Bonchev–Trinajstić information content (AvgIpc) is 3.86. The zero-order valence-corrected chi connectivity index (χ0v) is 29.6. The Bertz CT molecular complexity index is 3060. The third-order valence-corrected chi connectivity index (χ3v) is 12.3. The van der Waals surface area contributed by atoms with Gasteiger partial charge in [0.25, 0.3) is 0 Å². The molecule has 0 N–H and O–H groups in total. The van der Waals surface area contributed by atoms with Crippen molar-refractivity contribution in [3.63, 3.8) is 0 Å². The van der Waals surface area contributed by atoms with Gasteiger partial charge in [-0.2, -0.15) is 0 Å². The minimum Gasteiger partial charge on any atom is -0.313 e. The van der Waals surface area contributed by atoms with E-state index in [4.69, 9.17) is 0 Å². The number of nitrogens with zero attached hydrogens (tertiary/aromatic N) is 2. The van der Waals surface area contributed by atoms with Gasteiger partial charge in [0.2, 0.25) is 0 Å². The number of hydrogen-bond acceptors (Lipinski definition) is 1. The summed E-state index contributed by atoms with van der Waals surface area (Å²) in [5.41, 5.74) is 15.3. The van der Waals surface area contributed by atoms with Gasteiger partial charge in [-0.25, -0.2) is 0 Å². The van der Waals surface area contributed by atoms with E-state index < -0.39 is 0 Å². The molecule has 3 heteroatoms. The molecule has 0 radical (unpaired) electrons. The molecule has 0 saturated heterocycles. The Kier molecular flexibility index (Phi) is 6.50. The van der Waals surface area contributed by atoms with Crippen LogP contribution in [0.15, 0.2) is 158 Å². The number of aromatic nitrogens is 2. The molecule has 2 nitrogen and oxygen atoms in total. The molecule has 0 fully saturated rings. The van der Waals surface area contributed by atoms with Crippen molar-refractivity contribution in [1.29, 1.82) is 0 Å².